The number of sulfonamides is 1. The van der Waals surface area contributed by atoms with Crippen LogP contribution in [0.3, 0.4) is 0 Å². The van der Waals surface area contributed by atoms with Gasteiger partial charge in [0, 0.05) is 38.7 Å². The molecule has 0 bridgehead atoms. The molecular formula is C21H24N4O3S. The van der Waals surface area contributed by atoms with E-state index in [2.05, 4.69) is 17.2 Å². The molecule has 7 nitrogen and oxygen atoms in total. The molecule has 1 fully saturated rings. The lowest BCUT2D eigenvalue weighted by molar-refractivity contribution is 0.0950. The molecule has 8 heteroatoms. The number of aromatic nitrogens is 2. The van der Waals surface area contributed by atoms with Crippen molar-refractivity contribution in [2.75, 3.05) is 13.6 Å². The van der Waals surface area contributed by atoms with Crippen molar-refractivity contribution in [3.63, 3.8) is 0 Å². The summed E-state index contributed by atoms with van der Waals surface area (Å²) in [6.07, 6.45) is 6.28. The fraction of sp³-hybridized carbons (Fsp3) is 0.333. The molecule has 1 saturated carbocycles. The molecule has 29 heavy (non-hydrogen) atoms. The lowest BCUT2D eigenvalue weighted by Gasteiger charge is -2.17. The monoisotopic (exact) mass is 412 g/mol. The first-order valence-electron chi connectivity index (χ1n) is 9.61. The topological polar surface area (TPSA) is 83.8 Å². The summed E-state index contributed by atoms with van der Waals surface area (Å²) in [4.78, 5) is 16.8. The Balaban J connectivity index is 1.38. The number of rotatable bonds is 7. The summed E-state index contributed by atoms with van der Waals surface area (Å²) in [7, 11) is -1.86. The second kappa shape index (κ2) is 7.61. The average Bonchev–Trinajstić information content (AvgIpc) is 3.21. The molecule has 2 unspecified atom stereocenters. The third-order valence-electron chi connectivity index (χ3n) is 5.50. The Hall–Kier alpha value is -2.71. The average molecular weight is 413 g/mol. The lowest BCUT2D eigenvalue weighted by atomic mass is 10.2. The lowest BCUT2D eigenvalue weighted by Crippen LogP contribution is -2.29. The van der Waals surface area contributed by atoms with Gasteiger partial charge >= 0.3 is 0 Å². The molecule has 0 aliphatic heterocycles. The minimum absolute atomic E-state index is 0.199. The molecule has 2 heterocycles. The molecule has 0 saturated heterocycles. The van der Waals surface area contributed by atoms with Gasteiger partial charge in [0.2, 0.25) is 10.0 Å². The van der Waals surface area contributed by atoms with Crippen LogP contribution in [0.4, 0.5) is 0 Å². The zero-order valence-corrected chi connectivity index (χ0v) is 17.3. The number of nitrogens with zero attached hydrogens (tertiary/aromatic N) is 3. The van der Waals surface area contributed by atoms with Crippen molar-refractivity contribution in [2.24, 2.45) is 11.8 Å². The quantitative estimate of drug-likeness (QED) is 0.646. The number of hydrogen-bond acceptors (Lipinski definition) is 4. The van der Waals surface area contributed by atoms with Crippen molar-refractivity contribution in [2.45, 2.75) is 24.8 Å². The van der Waals surface area contributed by atoms with Crippen LogP contribution in [0.5, 0.6) is 0 Å². The molecule has 1 aromatic carbocycles. The highest BCUT2D eigenvalue weighted by atomic mass is 32.2. The largest absolute Gasteiger partial charge is 0.348 e. The van der Waals surface area contributed by atoms with Crippen molar-refractivity contribution in [1.29, 1.82) is 0 Å². The van der Waals surface area contributed by atoms with Crippen molar-refractivity contribution in [3.05, 3.63) is 66.1 Å². The van der Waals surface area contributed by atoms with Crippen LogP contribution in [0, 0.1) is 11.8 Å². The van der Waals surface area contributed by atoms with Crippen LogP contribution in [0.2, 0.25) is 0 Å². The van der Waals surface area contributed by atoms with E-state index in [0.29, 0.717) is 30.5 Å². The van der Waals surface area contributed by atoms with E-state index in [9.17, 15) is 13.2 Å². The van der Waals surface area contributed by atoms with Gasteiger partial charge < -0.3 is 9.72 Å². The Morgan fingerprint density at radius 2 is 1.97 bits per heavy atom. The summed E-state index contributed by atoms with van der Waals surface area (Å²) in [5.41, 5.74) is 2.14. The fourth-order valence-corrected chi connectivity index (χ4v) is 4.61. The standard InChI is InChI=1S/C21H24N4O3S/c1-15-11-18(15)13-24(2)29(27,28)19-6-3-16(4-7-19)12-23-21(26)17-5-8-20-22-9-10-25(20)14-17/h3-10,14-15,18H,11-13H2,1-2H3,(H,23,26). The van der Waals surface area contributed by atoms with Gasteiger partial charge in [-0.05, 0) is 48.1 Å². The first-order valence-corrected chi connectivity index (χ1v) is 11.0. The van der Waals surface area contributed by atoms with Crippen LogP contribution < -0.4 is 5.32 Å². The highest BCUT2D eigenvalue weighted by molar-refractivity contribution is 7.89. The number of benzene rings is 1. The van der Waals surface area contributed by atoms with E-state index >= 15 is 0 Å². The van der Waals surface area contributed by atoms with Crippen LogP contribution in [-0.4, -0.2) is 41.6 Å². The Kier molecular flexibility index (Phi) is 5.14. The minimum Gasteiger partial charge on any atom is -0.348 e. The summed E-state index contributed by atoms with van der Waals surface area (Å²) in [5.74, 6) is 0.870. The first-order chi connectivity index (χ1) is 13.8. The highest BCUT2D eigenvalue weighted by Gasteiger charge is 2.36. The Morgan fingerprint density at radius 1 is 1.24 bits per heavy atom. The number of amides is 1. The summed E-state index contributed by atoms with van der Waals surface area (Å²) >= 11 is 0. The van der Waals surface area contributed by atoms with Crippen LogP contribution in [-0.2, 0) is 16.6 Å². The number of hydrogen-bond donors (Lipinski definition) is 1. The molecule has 4 rings (SSSR count). The third-order valence-corrected chi connectivity index (χ3v) is 7.34. The summed E-state index contributed by atoms with van der Waals surface area (Å²) < 4.78 is 28.6. The maximum absolute atomic E-state index is 12.7. The Labute approximate surface area is 170 Å². The molecule has 1 aliphatic carbocycles. The maximum Gasteiger partial charge on any atom is 0.253 e. The number of nitrogens with one attached hydrogen (secondary N) is 1. The zero-order chi connectivity index (χ0) is 20.6. The van der Waals surface area contributed by atoms with Gasteiger partial charge in [0.25, 0.3) is 5.91 Å². The van der Waals surface area contributed by atoms with E-state index in [1.807, 2.05) is 0 Å². The van der Waals surface area contributed by atoms with Crippen LogP contribution in [0.1, 0.15) is 29.3 Å². The molecule has 2 aromatic heterocycles. The molecule has 1 N–H and O–H groups in total. The van der Waals surface area contributed by atoms with E-state index in [0.717, 1.165) is 17.6 Å². The molecule has 2 atom stereocenters. The highest BCUT2D eigenvalue weighted by Crippen LogP contribution is 2.38. The van der Waals surface area contributed by atoms with E-state index < -0.39 is 10.0 Å². The van der Waals surface area contributed by atoms with Gasteiger partial charge in [0.05, 0.1) is 10.5 Å². The van der Waals surface area contributed by atoms with Crippen molar-refractivity contribution < 1.29 is 13.2 Å². The van der Waals surface area contributed by atoms with Crippen LogP contribution >= 0.6 is 0 Å². The molecule has 3 aromatic rings. The minimum atomic E-state index is -3.49. The van der Waals surface area contributed by atoms with Gasteiger partial charge in [-0.3, -0.25) is 4.79 Å². The molecular weight excluding hydrogens is 388 g/mol. The number of imidazole rings is 1. The summed E-state index contributed by atoms with van der Waals surface area (Å²) in [6, 6.07) is 10.2. The van der Waals surface area contributed by atoms with Crippen LogP contribution in [0.15, 0.2) is 59.9 Å². The van der Waals surface area contributed by atoms with Gasteiger partial charge in [-0.15, -0.1) is 0 Å². The van der Waals surface area contributed by atoms with Crippen molar-refractivity contribution >= 4 is 21.6 Å². The van der Waals surface area contributed by atoms with Crippen LogP contribution in [0.25, 0.3) is 5.65 Å². The normalized spacial score (nSPS) is 18.9. The molecule has 1 aliphatic rings. The molecule has 152 valence electrons. The zero-order valence-electron chi connectivity index (χ0n) is 16.4. The van der Waals surface area contributed by atoms with Crippen molar-refractivity contribution in [1.82, 2.24) is 19.0 Å². The van der Waals surface area contributed by atoms with Crippen molar-refractivity contribution in [3.8, 4) is 0 Å². The Morgan fingerprint density at radius 3 is 2.66 bits per heavy atom. The number of carbonyl (C=O) groups is 1. The fourth-order valence-electron chi connectivity index (χ4n) is 3.38. The predicted molar refractivity (Wildman–Crippen MR) is 110 cm³/mol. The summed E-state index contributed by atoms with van der Waals surface area (Å²) in [5, 5.41) is 2.86. The third kappa shape index (κ3) is 4.18. The number of pyridine rings is 1. The molecule has 1 amide bonds. The SMILES string of the molecule is CC1CC1CN(C)S(=O)(=O)c1ccc(CNC(=O)c2ccc3nccn3c2)cc1. The van der Waals surface area contributed by atoms with Gasteiger partial charge in [-0.25, -0.2) is 17.7 Å². The second-order valence-electron chi connectivity index (χ2n) is 7.70. The van der Waals surface area contributed by atoms with Gasteiger partial charge in [-0.1, -0.05) is 19.1 Å². The molecule has 0 radical (unpaired) electrons. The smallest absolute Gasteiger partial charge is 0.253 e. The van der Waals surface area contributed by atoms with E-state index in [-0.39, 0.29) is 10.8 Å². The van der Waals surface area contributed by atoms with E-state index in [4.69, 9.17) is 0 Å². The van der Waals surface area contributed by atoms with Gasteiger partial charge in [0.15, 0.2) is 0 Å². The second-order valence-corrected chi connectivity index (χ2v) is 9.74. The number of fused-ring (bicyclic) bond motifs is 1. The van der Waals surface area contributed by atoms with E-state index in [1.165, 1.54) is 4.31 Å². The first kappa shape index (κ1) is 19.6. The molecule has 0 spiro atoms. The summed E-state index contributed by atoms with van der Waals surface area (Å²) in [6.45, 7) is 3.01. The van der Waals surface area contributed by atoms with E-state index in [1.54, 1.807) is 66.4 Å². The number of carbonyl (C=O) groups excluding carboxylic acids is 1. The Bertz CT molecular complexity index is 1140. The van der Waals surface area contributed by atoms with Gasteiger partial charge in [-0.2, -0.15) is 0 Å². The predicted octanol–water partition coefficient (Wildman–Crippen LogP) is 2.54. The van der Waals surface area contributed by atoms with Gasteiger partial charge in [0.1, 0.15) is 5.65 Å². The maximum atomic E-state index is 12.7.